The number of benzene rings is 10. The summed E-state index contributed by atoms with van der Waals surface area (Å²) in [5.74, 6) is 0. The molecule has 0 aliphatic heterocycles. The molecule has 0 atom stereocenters. The molecule has 10 aromatic rings. The van der Waals surface area contributed by atoms with E-state index >= 15 is 0 Å². The Balaban J connectivity index is 0.000000115. The minimum Gasteiger partial charge on any atom is -0.0616 e. The molecule has 10 rings (SSSR count). The topological polar surface area (TPSA) is 0 Å². The van der Waals surface area contributed by atoms with Crippen LogP contribution in [0.2, 0.25) is 0 Å². The van der Waals surface area contributed by atoms with Crippen LogP contribution in [-0.2, 0) is 0 Å². The van der Waals surface area contributed by atoms with Gasteiger partial charge >= 0.3 is 0 Å². The lowest BCUT2D eigenvalue weighted by Gasteiger charge is -2.13. The fraction of sp³-hybridized carbons (Fsp3) is 0. The summed E-state index contributed by atoms with van der Waals surface area (Å²) < 4.78 is 0. The molecule has 0 saturated heterocycles. The van der Waals surface area contributed by atoms with Gasteiger partial charge in [-0.3, -0.25) is 0 Å². The predicted octanol–water partition coefficient (Wildman–Crippen LogP) is 11.5. The third-order valence-electron chi connectivity index (χ3n) is 8.76. The van der Waals surface area contributed by atoms with E-state index in [0.717, 1.165) is 0 Å². The van der Waals surface area contributed by atoms with E-state index in [1.54, 1.807) is 0 Å². The average Bonchev–Trinajstić information content (AvgIpc) is 3.02. The number of hydrogen-bond acceptors (Lipinski definition) is 0. The summed E-state index contributed by atoms with van der Waals surface area (Å²) in [6.45, 7) is 0. The zero-order valence-electron chi connectivity index (χ0n) is 21.9. The van der Waals surface area contributed by atoms with Crippen LogP contribution in [0.3, 0.4) is 0 Å². The lowest BCUT2D eigenvalue weighted by molar-refractivity contribution is 1.78. The van der Waals surface area contributed by atoms with E-state index in [1.165, 1.54) is 86.2 Å². The lowest BCUT2D eigenvalue weighted by Crippen LogP contribution is -1.85. The average molecular weight is 505 g/mol. The fourth-order valence-corrected chi connectivity index (χ4v) is 7.07. The van der Waals surface area contributed by atoms with Crippen LogP contribution in [0.15, 0.2) is 146 Å². The second-order valence-electron chi connectivity index (χ2n) is 10.9. The van der Waals surface area contributed by atoms with Gasteiger partial charge in [0.15, 0.2) is 0 Å². The molecule has 0 heteroatoms. The standard InChI is InChI=1S/2C20H12/c1-5-13-6-2-11-17-18-12-4-8-14-7-3-10-16(20(14)18)15(9-1)19(13)17;1-2-7-17-15(4-1)12-16-9-8-13-5-3-6-14-10-11-18(17)20(16)19(13)14/h2*1-12H. The Morgan fingerprint density at radius 1 is 0.200 bits per heavy atom. The Bertz CT molecular complexity index is 2350. The Kier molecular flexibility index (Phi) is 4.42. The molecule has 0 saturated carbocycles. The summed E-state index contributed by atoms with van der Waals surface area (Å²) in [7, 11) is 0. The monoisotopic (exact) mass is 504 g/mol. The maximum atomic E-state index is 2.31. The van der Waals surface area contributed by atoms with Crippen molar-refractivity contribution in [3.05, 3.63) is 146 Å². The molecule has 0 nitrogen and oxygen atoms in total. The van der Waals surface area contributed by atoms with Crippen molar-refractivity contribution in [2.24, 2.45) is 0 Å². The van der Waals surface area contributed by atoms with Gasteiger partial charge in [0.05, 0.1) is 0 Å². The van der Waals surface area contributed by atoms with E-state index in [-0.39, 0.29) is 0 Å². The highest BCUT2D eigenvalue weighted by Gasteiger charge is 2.12. The van der Waals surface area contributed by atoms with Crippen LogP contribution < -0.4 is 0 Å². The highest BCUT2D eigenvalue weighted by Crippen LogP contribution is 2.40. The second kappa shape index (κ2) is 8.15. The SMILES string of the molecule is c1cc2cccc3c4cccc5cccc(c(c1)c23)c54.c1ccc2c(c1)cc1ccc3cccc4ccc2c1c34. The van der Waals surface area contributed by atoms with Crippen molar-refractivity contribution in [3.8, 4) is 0 Å². The van der Waals surface area contributed by atoms with Crippen molar-refractivity contribution in [3.63, 3.8) is 0 Å². The van der Waals surface area contributed by atoms with Gasteiger partial charge in [-0.05, 0) is 92.2 Å². The normalized spacial score (nSPS) is 12.0. The summed E-state index contributed by atoms with van der Waals surface area (Å²) in [6, 6.07) is 53.0. The maximum absolute atomic E-state index is 2.31. The molecule has 0 unspecified atom stereocenters. The Morgan fingerprint density at radius 3 is 1.15 bits per heavy atom. The van der Waals surface area contributed by atoms with Crippen molar-refractivity contribution < 1.29 is 0 Å². The minimum absolute atomic E-state index is 1.32. The largest absolute Gasteiger partial charge is 0.0616 e. The van der Waals surface area contributed by atoms with E-state index in [0.29, 0.717) is 0 Å². The molecule has 184 valence electrons. The van der Waals surface area contributed by atoms with Crippen molar-refractivity contribution in [2.45, 2.75) is 0 Å². The Hall–Kier alpha value is -5.20. The summed E-state index contributed by atoms with van der Waals surface area (Å²) in [4.78, 5) is 0. The molecule has 10 aromatic carbocycles. The summed E-state index contributed by atoms with van der Waals surface area (Å²) in [5, 5.41) is 21.7. The van der Waals surface area contributed by atoms with Gasteiger partial charge in [0.2, 0.25) is 0 Å². The van der Waals surface area contributed by atoms with Crippen LogP contribution in [0.4, 0.5) is 0 Å². The molecule has 0 bridgehead atoms. The molecule has 0 heterocycles. The lowest BCUT2D eigenvalue weighted by atomic mass is 9.90. The first kappa shape index (κ1) is 21.7. The summed E-state index contributed by atoms with van der Waals surface area (Å²) >= 11 is 0. The van der Waals surface area contributed by atoms with Crippen LogP contribution in [0.25, 0.3) is 86.2 Å². The third kappa shape index (κ3) is 2.96. The fourth-order valence-electron chi connectivity index (χ4n) is 7.07. The van der Waals surface area contributed by atoms with Crippen LogP contribution >= 0.6 is 0 Å². The van der Waals surface area contributed by atoms with Gasteiger partial charge in [-0.15, -0.1) is 0 Å². The van der Waals surface area contributed by atoms with E-state index in [2.05, 4.69) is 146 Å². The van der Waals surface area contributed by atoms with Crippen molar-refractivity contribution >= 4 is 86.2 Å². The molecule has 0 aliphatic carbocycles. The van der Waals surface area contributed by atoms with Crippen molar-refractivity contribution in [1.82, 2.24) is 0 Å². The van der Waals surface area contributed by atoms with Crippen LogP contribution in [-0.4, -0.2) is 0 Å². The highest BCUT2D eigenvalue weighted by atomic mass is 14.2. The third-order valence-corrected chi connectivity index (χ3v) is 8.76. The molecular weight excluding hydrogens is 480 g/mol. The molecular formula is C40H24. The first-order valence-corrected chi connectivity index (χ1v) is 13.9. The molecule has 40 heavy (non-hydrogen) atoms. The van der Waals surface area contributed by atoms with Crippen LogP contribution in [0.1, 0.15) is 0 Å². The van der Waals surface area contributed by atoms with Gasteiger partial charge in [-0.2, -0.15) is 0 Å². The van der Waals surface area contributed by atoms with E-state index in [1.807, 2.05) is 0 Å². The highest BCUT2D eigenvalue weighted by molar-refractivity contribution is 6.33. The molecule has 0 aliphatic rings. The zero-order valence-corrected chi connectivity index (χ0v) is 21.9. The maximum Gasteiger partial charge on any atom is -0.00204 e. The molecule has 0 spiro atoms. The summed E-state index contributed by atoms with van der Waals surface area (Å²) in [5.41, 5.74) is 0. The first-order valence-electron chi connectivity index (χ1n) is 13.9. The van der Waals surface area contributed by atoms with Gasteiger partial charge in [0, 0.05) is 0 Å². The van der Waals surface area contributed by atoms with E-state index < -0.39 is 0 Å². The van der Waals surface area contributed by atoms with Crippen molar-refractivity contribution in [1.29, 1.82) is 0 Å². The number of hydrogen-bond donors (Lipinski definition) is 0. The number of rotatable bonds is 0. The van der Waals surface area contributed by atoms with Gasteiger partial charge in [-0.25, -0.2) is 0 Å². The van der Waals surface area contributed by atoms with Gasteiger partial charge < -0.3 is 0 Å². The smallest absolute Gasteiger partial charge is 0.00204 e. The quantitative estimate of drug-likeness (QED) is 0.142. The van der Waals surface area contributed by atoms with E-state index in [9.17, 15) is 0 Å². The Labute approximate surface area is 231 Å². The van der Waals surface area contributed by atoms with Gasteiger partial charge in [-0.1, -0.05) is 140 Å². The van der Waals surface area contributed by atoms with E-state index in [4.69, 9.17) is 0 Å². The Morgan fingerprint density at radius 2 is 0.575 bits per heavy atom. The molecule has 0 aromatic heterocycles. The summed E-state index contributed by atoms with van der Waals surface area (Å²) in [6.07, 6.45) is 0. The zero-order chi connectivity index (χ0) is 26.2. The van der Waals surface area contributed by atoms with Crippen LogP contribution in [0, 0.1) is 0 Å². The van der Waals surface area contributed by atoms with Gasteiger partial charge in [0.1, 0.15) is 0 Å². The molecule has 0 radical (unpaired) electrons. The van der Waals surface area contributed by atoms with Crippen LogP contribution in [0.5, 0.6) is 0 Å². The number of fused-ring (bicyclic) bond motifs is 4. The van der Waals surface area contributed by atoms with Crippen molar-refractivity contribution in [2.75, 3.05) is 0 Å². The second-order valence-corrected chi connectivity index (χ2v) is 10.9. The minimum atomic E-state index is 1.32. The molecule has 0 fully saturated rings. The first-order chi connectivity index (χ1) is 19.8. The molecule has 0 amide bonds. The predicted molar refractivity (Wildman–Crippen MR) is 175 cm³/mol. The molecule has 0 N–H and O–H groups in total. The van der Waals surface area contributed by atoms with Gasteiger partial charge in [0.25, 0.3) is 0 Å².